The molecule has 2 heterocycles. The lowest BCUT2D eigenvalue weighted by Crippen LogP contribution is -2.39. The van der Waals surface area contributed by atoms with E-state index in [1.165, 1.54) is 5.56 Å². The van der Waals surface area contributed by atoms with Gasteiger partial charge in [-0.2, -0.15) is 0 Å². The van der Waals surface area contributed by atoms with Crippen LogP contribution in [0.5, 0.6) is 0 Å². The minimum absolute atomic E-state index is 0.277. The summed E-state index contributed by atoms with van der Waals surface area (Å²) in [5.41, 5.74) is 1.60. The van der Waals surface area contributed by atoms with E-state index in [0.717, 1.165) is 51.9 Å². The van der Waals surface area contributed by atoms with E-state index in [-0.39, 0.29) is 5.41 Å². The normalized spacial score (nSPS) is 22.1. The number of nitrogens with zero attached hydrogens (tertiary/aromatic N) is 1. The molecular formula is C16H22N2O. The summed E-state index contributed by atoms with van der Waals surface area (Å²) in [6.45, 7) is 3.98. The molecule has 0 saturated carbocycles. The summed E-state index contributed by atoms with van der Waals surface area (Å²) in [5.74, 6) is 0.359. The first-order chi connectivity index (χ1) is 9.27. The van der Waals surface area contributed by atoms with Crippen LogP contribution < -0.4 is 5.32 Å². The van der Waals surface area contributed by atoms with Gasteiger partial charge in [0.25, 0.3) is 0 Å². The average molecular weight is 258 g/mol. The van der Waals surface area contributed by atoms with E-state index in [0.29, 0.717) is 5.91 Å². The zero-order chi connectivity index (χ0) is 13.1. The molecule has 19 heavy (non-hydrogen) atoms. The van der Waals surface area contributed by atoms with Crippen molar-refractivity contribution in [2.24, 2.45) is 5.41 Å². The summed E-state index contributed by atoms with van der Waals surface area (Å²) < 4.78 is 0. The zero-order valence-corrected chi connectivity index (χ0v) is 11.4. The monoisotopic (exact) mass is 258 g/mol. The van der Waals surface area contributed by atoms with Crippen LogP contribution in [0.4, 0.5) is 0 Å². The number of hydrogen-bond acceptors (Lipinski definition) is 2. The van der Waals surface area contributed by atoms with Crippen LogP contribution in [0.3, 0.4) is 0 Å². The quantitative estimate of drug-likeness (QED) is 0.897. The van der Waals surface area contributed by atoms with Gasteiger partial charge >= 0.3 is 0 Å². The summed E-state index contributed by atoms with van der Waals surface area (Å²) in [6.07, 6.45) is 4.05. The topological polar surface area (TPSA) is 32.3 Å². The molecular weight excluding hydrogens is 236 g/mol. The van der Waals surface area contributed by atoms with Crippen molar-refractivity contribution in [3.05, 3.63) is 35.9 Å². The third-order valence-electron chi connectivity index (χ3n) is 4.58. The maximum atomic E-state index is 12.2. The van der Waals surface area contributed by atoms with E-state index < -0.39 is 0 Å². The SMILES string of the molecule is O=C1CC2(CCNCC2)CN1CCc1ccccc1. The molecule has 2 aliphatic heterocycles. The molecule has 3 nitrogen and oxygen atoms in total. The third-order valence-corrected chi connectivity index (χ3v) is 4.58. The molecule has 1 spiro atoms. The number of amides is 1. The van der Waals surface area contributed by atoms with Crippen molar-refractivity contribution in [3.8, 4) is 0 Å². The maximum absolute atomic E-state index is 12.2. The largest absolute Gasteiger partial charge is 0.342 e. The number of nitrogens with one attached hydrogen (secondary N) is 1. The fraction of sp³-hybridized carbons (Fsp3) is 0.562. The van der Waals surface area contributed by atoms with Crippen molar-refractivity contribution in [2.75, 3.05) is 26.2 Å². The number of likely N-dealkylation sites (tertiary alicyclic amines) is 1. The van der Waals surface area contributed by atoms with Crippen LogP contribution in [0.2, 0.25) is 0 Å². The summed E-state index contributed by atoms with van der Waals surface area (Å²) in [6, 6.07) is 10.4. The maximum Gasteiger partial charge on any atom is 0.223 e. The van der Waals surface area contributed by atoms with E-state index in [1.807, 2.05) is 6.07 Å². The summed E-state index contributed by atoms with van der Waals surface area (Å²) in [7, 11) is 0. The van der Waals surface area contributed by atoms with Crippen molar-refractivity contribution in [1.82, 2.24) is 10.2 Å². The number of benzene rings is 1. The molecule has 1 aromatic rings. The van der Waals surface area contributed by atoms with Gasteiger partial charge < -0.3 is 10.2 Å². The minimum atomic E-state index is 0.277. The smallest absolute Gasteiger partial charge is 0.223 e. The Morgan fingerprint density at radius 3 is 2.63 bits per heavy atom. The molecule has 0 bridgehead atoms. The number of piperidine rings is 1. The zero-order valence-electron chi connectivity index (χ0n) is 11.4. The number of hydrogen-bond donors (Lipinski definition) is 1. The molecule has 0 aliphatic carbocycles. The Morgan fingerprint density at radius 1 is 1.16 bits per heavy atom. The molecule has 0 unspecified atom stereocenters. The summed E-state index contributed by atoms with van der Waals surface area (Å²) in [5, 5.41) is 3.39. The molecule has 2 aliphatic rings. The van der Waals surface area contributed by atoms with E-state index in [9.17, 15) is 4.79 Å². The van der Waals surface area contributed by atoms with Gasteiger partial charge in [-0.25, -0.2) is 0 Å². The molecule has 0 atom stereocenters. The predicted octanol–water partition coefficient (Wildman–Crippen LogP) is 1.83. The first-order valence-corrected chi connectivity index (χ1v) is 7.30. The van der Waals surface area contributed by atoms with Gasteiger partial charge in [0.1, 0.15) is 0 Å². The van der Waals surface area contributed by atoms with Gasteiger partial charge in [0.05, 0.1) is 0 Å². The Labute approximate surface area is 115 Å². The van der Waals surface area contributed by atoms with Crippen molar-refractivity contribution in [3.63, 3.8) is 0 Å². The Kier molecular flexibility index (Phi) is 3.56. The molecule has 3 heteroatoms. The van der Waals surface area contributed by atoms with Crippen LogP contribution in [-0.2, 0) is 11.2 Å². The van der Waals surface area contributed by atoms with Crippen LogP contribution in [0.1, 0.15) is 24.8 Å². The lowest BCUT2D eigenvalue weighted by atomic mass is 9.78. The second kappa shape index (κ2) is 5.33. The highest BCUT2D eigenvalue weighted by atomic mass is 16.2. The fourth-order valence-corrected chi connectivity index (χ4v) is 3.39. The minimum Gasteiger partial charge on any atom is -0.342 e. The van der Waals surface area contributed by atoms with Gasteiger partial charge in [-0.3, -0.25) is 4.79 Å². The van der Waals surface area contributed by atoms with Gasteiger partial charge in [0, 0.05) is 19.5 Å². The Morgan fingerprint density at radius 2 is 1.89 bits per heavy atom. The van der Waals surface area contributed by atoms with Crippen molar-refractivity contribution in [1.29, 1.82) is 0 Å². The molecule has 1 aromatic carbocycles. The van der Waals surface area contributed by atoms with Crippen molar-refractivity contribution < 1.29 is 4.79 Å². The lowest BCUT2D eigenvalue weighted by molar-refractivity contribution is -0.127. The van der Waals surface area contributed by atoms with E-state index in [1.54, 1.807) is 0 Å². The highest BCUT2D eigenvalue weighted by molar-refractivity contribution is 5.79. The predicted molar refractivity (Wildman–Crippen MR) is 75.9 cm³/mol. The van der Waals surface area contributed by atoms with Crippen molar-refractivity contribution in [2.45, 2.75) is 25.7 Å². The van der Waals surface area contributed by atoms with Crippen LogP contribution in [-0.4, -0.2) is 37.0 Å². The summed E-state index contributed by atoms with van der Waals surface area (Å²) >= 11 is 0. The van der Waals surface area contributed by atoms with Crippen molar-refractivity contribution >= 4 is 5.91 Å². The Bertz CT molecular complexity index is 437. The standard InChI is InChI=1S/C16H22N2O/c19-15-12-16(7-9-17-10-8-16)13-18(15)11-6-14-4-2-1-3-5-14/h1-5,17H,6-13H2. The van der Waals surface area contributed by atoms with E-state index >= 15 is 0 Å². The van der Waals surface area contributed by atoms with Gasteiger partial charge in [0.15, 0.2) is 0 Å². The third kappa shape index (κ3) is 2.81. The first-order valence-electron chi connectivity index (χ1n) is 7.30. The van der Waals surface area contributed by atoms with Gasteiger partial charge in [-0.05, 0) is 43.3 Å². The molecule has 2 saturated heterocycles. The molecule has 2 fully saturated rings. The van der Waals surface area contributed by atoms with Gasteiger partial charge in [-0.15, -0.1) is 0 Å². The van der Waals surface area contributed by atoms with Crippen LogP contribution >= 0.6 is 0 Å². The fourth-order valence-electron chi connectivity index (χ4n) is 3.39. The molecule has 1 amide bonds. The summed E-state index contributed by atoms with van der Waals surface area (Å²) in [4.78, 5) is 14.3. The number of rotatable bonds is 3. The van der Waals surface area contributed by atoms with Crippen LogP contribution in [0, 0.1) is 5.41 Å². The second-order valence-electron chi connectivity index (χ2n) is 5.98. The second-order valence-corrected chi connectivity index (χ2v) is 5.98. The molecule has 1 N–H and O–H groups in total. The molecule has 0 aromatic heterocycles. The Balaban J connectivity index is 1.58. The molecule has 3 rings (SSSR count). The van der Waals surface area contributed by atoms with E-state index in [4.69, 9.17) is 0 Å². The first kappa shape index (κ1) is 12.7. The van der Waals surface area contributed by atoms with E-state index in [2.05, 4.69) is 34.5 Å². The molecule has 0 radical (unpaired) electrons. The highest BCUT2D eigenvalue weighted by Crippen LogP contribution is 2.39. The van der Waals surface area contributed by atoms with Gasteiger partial charge in [-0.1, -0.05) is 30.3 Å². The number of carbonyl (C=O) groups is 1. The van der Waals surface area contributed by atoms with Crippen LogP contribution in [0.15, 0.2) is 30.3 Å². The molecule has 102 valence electrons. The number of carbonyl (C=O) groups excluding carboxylic acids is 1. The highest BCUT2D eigenvalue weighted by Gasteiger charge is 2.43. The Hall–Kier alpha value is -1.35. The van der Waals surface area contributed by atoms with Crippen LogP contribution in [0.25, 0.3) is 0 Å². The lowest BCUT2D eigenvalue weighted by Gasteiger charge is -2.33. The van der Waals surface area contributed by atoms with Gasteiger partial charge in [0.2, 0.25) is 5.91 Å². The average Bonchev–Trinajstić information content (AvgIpc) is 2.74.